The molecule has 4 rings (SSSR count). The van der Waals surface area contributed by atoms with E-state index in [1.807, 2.05) is 98.8 Å². The largest absolute Gasteiger partial charge is 0.299 e. The van der Waals surface area contributed by atoms with E-state index >= 15 is 0 Å². The summed E-state index contributed by atoms with van der Waals surface area (Å²) in [5.41, 5.74) is 3.88. The fourth-order valence-corrected chi connectivity index (χ4v) is 4.97. The highest BCUT2D eigenvalue weighted by molar-refractivity contribution is 6.03. The molecule has 0 aliphatic heterocycles. The predicted molar refractivity (Wildman–Crippen MR) is 126 cm³/mol. The topological polar surface area (TPSA) is 34.1 Å². The van der Waals surface area contributed by atoms with E-state index in [1.54, 1.807) is 0 Å². The number of allylic oxidation sites excluding steroid dienone is 1. The maximum absolute atomic E-state index is 13.9. The predicted octanol–water partition coefficient (Wildman–Crippen LogP) is 6.45. The number of carbonyl (C=O) groups excluding carboxylic acids is 2. The monoisotopic (exact) mass is 408 g/mol. The molecule has 0 N–H and O–H groups in total. The van der Waals surface area contributed by atoms with E-state index < -0.39 is 0 Å². The van der Waals surface area contributed by atoms with Crippen molar-refractivity contribution in [3.63, 3.8) is 0 Å². The van der Waals surface area contributed by atoms with Gasteiger partial charge in [-0.05, 0) is 35.3 Å². The van der Waals surface area contributed by atoms with Gasteiger partial charge >= 0.3 is 0 Å². The molecule has 156 valence electrons. The van der Waals surface area contributed by atoms with Gasteiger partial charge in [0.15, 0.2) is 5.78 Å². The van der Waals surface area contributed by atoms with E-state index in [0.29, 0.717) is 6.42 Å². The van der Waals surface area contributed by atoms with Crippen LogP contribution in [0.5, 0.6) is 0 Å². The highest BCUT2D eigenvalue weighted by Gasteiger charge is 2.46. The minimum Gasteiger partial charge on any atom is -0.299 e. The first-order chi connectivity index (χ1) is 15.1. The molecule has 1 fully saturated rings. The molecule has 2 nitrogen and oxygen atoms in total. The lowest BCUT2D eigenvalue weighted by molar-refractivity contribution is -0.130. The Bertz CT molecular complexity index is 1070. The summed E-state index contributed by atoms with van der Waals surface area (Å²) in [6, 6.07) is 30.1. The molecule has 0 spiro atoms. The zero-order valence-corrected chi connectivity index (χ0v) is 18.1. The van der Waals surface area contributed by atoms with Crippen molar-refractivity contribution in [2.45, 2.75) is 32.1 Å². The Balaban J connectivity index is 1.81. The molecule has 0 amide bonds. The molecule has 0 saturated heterocycles. The highest BCUT2D eigenvalue weighted by Crippen LogP contribution is 2.48. The fraction of sp³-hybridized carbons (Fsp3) is 0.241. The Labute approximate surface area is 184 Å². The third-order valence-corrected chi connectivity index (χ3v) is 6.57. The minimum atomic E-state index is -0.280. The van der Waals surface area contributed by atoms with Crippen molar-refractivity contribution in [2.24, 2.45) is 11.8 Å². The van der Waals surface area contributed by atoms with Gasteiger partial charge in [-0.1, -0.05) is 97.9 Å². The van der Waals surface area contributed by atoms with Crippen LogP contribution in [0.4, 0.5) is 0 Å². The van der Waals surface area contributed by atoms with Crippen LogP contribution in [0.3, 0.4) is 0 Å². The Morgan fingerprint density at radius 1 is 0.806 bits per heavy atom. The first-order valence-electron chi connectivity index (χ1n) is 11.0. The minimum absolute atomic E-state index is 0.123. The van der Waals surface area contributed by atoms with Crippen LogP contribution >= 0.6 is 0 Å². The van der Waals surface area contributed by atoms with Gasteiger partial charge < -0.3 is 0 Å². The molecule has 31 heavy (non-hydrogen) atoms. The number of rotatable bonds is 5. The molecule has 2 heteroatoms. The summed E-state index contributed by atoms with van der Waals surface area (Å²) in [6.45, 7) is 3.89. The van der Waals surface area contributed by atoms with Crippen LogP contribution in [-0.2, 0) is 9.59 Å². The van der Waals surface area contributed by atoms with Crippen molar-refractivity contribution < 1.29 is 9.59 Å². The van der Waals surface area contributed by atoms with E-state index in [-0.39, 0.29) is 35.2 Å². The highest BCUT2D eigenvalue weighted by atomic mass is 16.1. The number of ketones is 2. The summed E-state index contributed by atoms with van der Waals surface area (Å²) in [5.74, 6) is -0.373. The van der Waals surface area contributed by atoms with Crippen LogP contribution < -0.4 is 0 Å². The SMILES string of the molecule is C/C(=C\c1ccccc1)C(=O)C1C(c2ccccc2)CC(=O)C(C)C1c1ccccc1. The van der Waals surface area contributed by atoms with Gasteiger partial charge in [0.2, 0.25) is 0 Å². The van der Waals surface area contributed by atoms with Crippen LogP contribution in [0.25, 0.3) is 6.08 Å². The van der Waals surface area contributed by atoms with Crippen LogP contribution in [-0.4, -0.2) is 11.6 Å². The second-order valence-electron chi connectivity index (χ2n) is 8.54. The lowest BCUT2D eigenvalue weighted by atomic mass is 9.60. The first-order valence-corrected chi connectivity index (χ1v) is 11.0. The van der Waals surface area contributed by atoms with Crippen LogP contribution in [0.1, 0.15) is 48.8 Å². The Morgan fingerprint density at radius 3 is 1.90 bits per heavy atom. The second kappa shape index (κ2) is 9.26. The van der Waals surface area contributed by atoms with E-state index in [2.05, 4.69) is 12.1 Å². The van der Waals surface area contributed by atoms with E-state index in [9.17, 15) is 9.59 Å². The van der Waals surface area contributed by atoms with E-state index in [1.165, 1.54) is 0 Å². The molecule has 3 aromatic rings. The summed E-state index contributed by atoms with van der Waals surface area (Å²) >= 11 is 0. The number of benzene rings is 3. The third kappa shape index (κ3) is 4.44. The fourth-order valence-electron chi connectivity index (χ4n) is 4.97. The van der Waals surface area contributed by atoms with Crippen molar-refractivity contribution in [1.29, 1.82) is 0 Å². The first kappa shape index (κ1) is 21.0. The van der Waals surface area contributed by atoms with Crippen molar-refractivity contribution >= 4 is 17.6 Å². The standard InChI is InChI=1S/C29H28O2/c1-20(18-22-12-6-3-7-13-22)29(31)28-25(23-14-8-4-9-15-23)19-26(30)21(2)27(28)24-16-10-5-11-17-24/h3-18,21,25,27-28H,19H2,1-2H3/b20-18+. The zero-order chi connectivity index (χ0) is 21.8. The molecule has 0 heterocycles. The van der Waals surface area contributed by atoms with Gasteiger partial charge in [0, 0.05) is 30.1 Å². The molecule has 4 unspecified atom stereocenters. The van der Waals surface area contributed by atoms with Gasteiger partial charge in [-0.3, -0.25) is 9.59 Å². The molecule has 0 bridgehead atoms. The van der Waals surface area contributed by atoms with Crippen LogP contribution in [0.15, 0.2) is 96.6 Å². The molecular weight excluding hydrogens is 380 g/mol. The Kier molecular flexibility index (Phi) is 6.27. The maximum Gasteiger partial charge on any atom is 0.162 e. The van der Waals surface area contributed by atoms with Gasteiger partial charge in [0.25, 0.3) is 0 Å². The van der Waals surface area contributed by atoms with E-state index in [0.717, 1.165) is 22.3 Å². The van der Waals surface area contributed by atoms with Crippen LogP contribution in [0.2, 0.25) is 0 Å². The molecule has 3 aromatic carbocycles. The van der Waals surface area contributed by atoms with Gasteiger partial charge in [-0.2, -0.15) is 0 Å². The summed E-state index contributed by atoms with van der Waals surface area (Å²) in [6.07, 6.45) is 2.37. The normalized spacial score (nSPS) is 24.1. The molecule has 1 saturated carbocycles. The molecule has 4 atom stereocenters. The average Bonchev–Trinajstić information content (AvgIpc) is 2.81. The molecule has 0 aromatic heterocycles. The third-order valence-electron chi connectivity index (χ3n) is 6.57. The molecule has 1 aliphatic rings. The van der Waals surface area contributed by atoms with Gasteiger partial charge in [0.1, 0.15) is 5.78 Å². The van der Waals surface area contributed by atoms with Gasteiger partial charge in [0.05, 0.1) is 0 Å². The molecule has 1 aliphatic carbocycles. The van der Waals surface area contributed by atoms with Crippen molar-refractivity contribution in [1.82, 2.24) is 0 Å². The van der Waals surface area contributed by atoms with Crippen LogP contribution in [0, 0.1) is 11.8 Å². The average molecular weight is 409 g/mol. The van der Waals surface area contributed by atoms with E-state index in [4.69, 9.17) is 0 Å². The Hall–Kier alpha value is -3.26. The number of hydrogen-bond acceptors (Lipinski definition) is 2. The molecular formula is C29H28O2. The quantitative estimate of drug-likeness (QED) is 0.455. The number of Topliss-reactive ketones (excluding diaryl/α,β-unsaturated/α-hetero) is 2. The second-order valence-corrected chi connectivity index (χ2v) is 8.54. The summed E-state index contributed by atoms with van der Waals surface area (Å²) in [7, 11) is 0. The van der Waals surface area contributed by atoms with Crippen molar-refractivity contribution in [3.05, 3.63) is 113 Å². The number of hydrogen-bond donors (Lipinski definition) is 0. The summed E-state index contributed by atoms with van der Waals surface area (Å²) < 4.78 is 0. The lowest BCUT2D eigenvalue weighted by Gasteiger charge is -2.41. The van der Waals surface area contributed by atoms with Gasteiger partial charge in [-0.15, -0.1) is 0 Å². The maximum atomic E-state index is 13.9. The Morgan fingerprint density at radius 2 is 1.32 bits per heavy atom. The smallest absolute Gasteiger partial charge is 0.162 e. The number of carbonyl (C=O) groups is 2. The molecule has 0 radical (unpaired) electrons. The zero-order valence-electron chi connectivity index (χ0n) is 18.1. The van der Waals surface area contributed by atoms with Gasteiger partial charge in [-0.25, -0.2) is 0 Å². The lowest BCUT2D eigenvalue weighted by Crippen LogP contribution is -2.41. The summed E-state index contributed by atoms with van der Waals surface area (Å²) in [5, 5.41) is 0. The summed E-state index contributed by atoms with van der Waals surface area (Å²) in [4.78, 5) is 27.0. The van der Waals surface area contributed by atoms with Crippen molar-refractivity contribution in [3.8, 4) is 0 Å². The van der Waals surface area contributed by atoms with Crippen molar-refractivity contribution in [2.75, 3.05) is 0 Å².